The number of aliphatic hydroxyl groups excluding tert-OH is 1. The normalized spacial score (nSPS) is 16.3. The van der Waals surface area contributed by atoms with Crippen molar-refractivity contribution >= 4 is 16.9 Å². The summed E-state index contributed by atoms with van der Waals surface area (Å²) in [4.78, 5) is 12.4. The molecule has 28 heavy (non-hydrogen) atoms. The first-order valence-corrected chi connectivity index (χ1v) is 10.3. The molecule has 0 spiro atoms. The van der Waals surface area contributed by atoms with Crippen molar-refractivity contribution in [3.63, 3.8) is 0 Å². The smallest absolute Gasteiger partial charge is 0.340 e. The van der Waals surface area contributed by atoms with Crippen LogP contribution in [0.3, 0.4) is 0 Å². The molecule has 0 radical (unpaired) electrons. The third-order valence-corrected chi connectivity index (χ3v) is 5.63. The quantitative estimate of drug-likeness (QED) is 0.679. The molecule has 0 amide bonds. The Morgan fingerprint density at radius 2 is 2.07 bits per heavy atom. The molecule has 0 aliphatic heterocycles. The van der Waals surface area contributed by atoms with Gasteiger partial charge in [0.15, 0.2) is 0 Å². The molecule has 1 atom stereocenters. The lowest BCUT2D eigenvalue weighted by molar-refractivity contribution is 0.0527. The lowest BCUT2D eigenvalue weighted by Gasteiger charge is -2.24. The number of esters is 1. The Bertz CT molecular complexity index is 808. The Kier molecular flexibility index (Phi) is 6.97. The van der Waals surface area contributed by atoms with Crippen molar-refractivity contribution in [2.45, 2.75) is 58.1 Å². The minimum atomic E-state index is -0.570. The first-order chi connectivity index (χ1) is 13.5. The van der Waals surface area contributed by atoms with Gasteiger partial charge in [0.05, 0.1) is 12.2 Å². The third-order valence-electron chi connectivity index (χ3n) is 5.63. The topological polar surface area (TPSA) is 72.7 Å². The van der Waals surface area contributed by atoms with Gasteiger partial charge in [-0.2, -0.15) is 0 Å². The Labute approximate surface area is 166 Å². The number of nitrogens with zero attached hydrogens (tertiary/aromatic N) is 1. The predicted octanol–water partition coefficient (Wildman–Crippen LogP) is 3.33. The van der Waals surface area contributed by atoms with Gasteiger partial charge in [0.2, 0.25) is 0 Å². The second kappa shape index (κ2) is 9.43. The van der Waals surface area contributed by atoms with Gasteiger partial charge in [-0.05, 0) is 44.9 Å². The number of rotatable bonds is 8. The van der Waals surface area contributed by atoms with Crippen molar-refractivity contribution < 1.29 is 19.4 Å². The third kappa shape index (κ3) is 4.67. The number of carbonyl (C=O) groups is 1. The second-order valence-corrected chi connectivity index (χ2v) is 7.63. The van der Waals surface area contributed by atoms with Gasteiger partial charge in [0.1, 0.15) is 18.5 Å². The molecule has 1 aliphatic carbocycles. The van der Waals surface area contributed by atoms with Crippen LogP contribution in [0.4, 0.5) is 0 Å². The molecule has 1 aromatic carbocycles. The van der Waals surface area contributed by atoms with Crippen LogP contribution in [0.2, 0.25) is 0 Å². The van der Waals surface area contributed by atoms with E-state index in [1.165, 1.54) is 32.1 Å². The minimum absolute atomic E-state index is 0.214. The molecule has 1 aliphatic rings. The largest absolute Gasteiger partial charge is 0.491 e. The highest BCUT2D eigenvalue weighted by molar-refractivity contribution is 6.06. The van der Waals surface area contributed by atoms with Gasteiger partial charge in [-0.3, -0.25) is 0 Å². The molecule has 1 aromatic heterocycles. The van der Waals surface area contributed by atoms with Crippen LogP contribution in [0.25, 0.3) is 10.9 Å². The molecule has 1 fully saturated rings. The van der Waals surface area contributed by atoms with Crippen molar-refractivity contribution in [3.05, 3.63) is 29.5 Å². The van der Waals surface area contributed by atoms with E-state index < -0.39 is 6.10 Å². The number of aliphatic hydroxyl groups is 1. The lowest BCUT2D eigenvalue weighted by Crippen LogP contribution is -2.38. The maximum Gasteiger partial charge on any atom is 0.340 e. The van der Waals surface area contributed by atoms with Gasteiger partial charge in [-0.1, -0.05) is 19.3 Å². The van der Waals surface area contributed by atoms with Crippen LogP contribution in [0.5, 0.6) is 5.75 Å². The molecule has 2 N–H and O–H groups in total. The van der Waals surface area contributed by atoms with E-state index in [0.717, 1.165) is 16.6 Å². The number of ether oxygens (including phenoxy) is 2. The highest BCUT2D eigenvalue weighted by atomic mass is 16.5. The van der Waals surface area contributed by atoms with Crippen LogP contribution in [-0.2, 0) is 11.8 Å². The van der Waals surface area contributed by atoms with Gasteiger partial charge in [0.25, 0.3) is 0 Å². The van der Waals surface area contributed by atoms with Crippen molar-refractivity contribution in [2.75, 3.05) is 19.8 Å². The monoisotopic (exact) mass is 388 g/mol. The molecule has 3 rings (SSSR count). The zero-order valence-corrected chi connectivity index (χ0v) is 17.2. The van der Waals surface area contributed by atoms with E-state index in [1.54, 1.807) is 6.92 Å². The van der Waals surface area contributed by atoms with Gasteiger partial charge >= 0.3 is 5.97 Å². The van der Waals surface area contributed by atoms with Crippen LogP contribution < -0.4 is 10.1 Å². The number of carbonyl (C=O) groups excluding carboxylic acids is 1. The lowest BCUT2D eigenvalue weighted by atomic mass is 9.95. The summed E-state index contributed by atoms with van der Waals surface area (Å²) in [6.07, 6.45) is 5.66. The summed E-state index contributed by atoms with van der Waals surface area (Å²) < 4.78 is 13.0. The zero-order valence-electron chi connectivity index (χ0n) is 17.2. The fourth-order valence-corrected chi connectivity index (χ4v) is 3.96. The summed E-state index contributed by atoms with van der Waals surface area (Å²) in [7, 11) is 1.93. The van der Waals surface area contributed by atoms with Crippen molar-refractivity contribution in [2.24, 2.45) is 7.05 Å². The molecule has 2 aromatic rings. The van der Waals surface area contributed by atoms with E-state index in [9.17, 15) is 9.90 Å². The van der Waals surface area contributed by atoms with Crippen LogP contribution in [0, 0.1) is 6.92 Å². The Morgan fingerprint density at radius 1 is 1.32 bits per heavy atom. The second-order valence-electron chi connectivity index (χ2n) is 7.63. The highest BCUT2D eigenvalue weighted by Crippen LogP contribution is 2.29. The Balaban J connectivity index is 1.64. The first kappa shape index (κ1) is 20.7. The van der Waals surface area contributed by atoms with E-state index in [1.807, 2.05) is 36.7 Å². The standard InChI is InChI=1S/C22H32N2O4/c1-4-27-22(26)21-15(2)24(3)20-11-10-18(12-19(20)21)28-14-17(25)13-23-16-8-6-5-7-9-16/h10-12,16-17,23,25H,4-9,13-14H2,1-3H3. The van der Waals surface area contributed by atoms with E-state index in [4.69, 9.17) is 9.47 Å². The molecule has 1 heterocycles. The fourth-order valence-electron chi connectivity index (χ4n) is 3.96. The number of nitrogens with one attached hydrogen (secondary N) is 1. The van der Waals surface area contributed by atoms with Gasteiger partial charge in [-0.15, -0.1) is 0 Å². The summed E-state index contributed by atoms with van der Waals surface area (Å²) in [5.41, 5.74) is 2.39. The summed E-state index contributed by atoms with van der Waals surface area (Å²) in [5.74, 6) is 0.319. The molecule has 6 heteroatoms. The van der Waals surface area contributed by atoms with Crippen molar-refractivity contribution in [1.29, 1.82) is 0 Å². The van der Waals surface area contributed by atoms with Crippen molar-refractivity contribution in [1.82, 2.24) is 9.88 Å². The highest BCUT2D eigenvalue weighted by Gasteiger charge is 2.20. The van der Waals surface area contributed by atoms with Crippen LogP contribution in [-0.4, -0.2) is 47.5 Å². The van der Waals surface area contributed by atoms with Gasteiger partial charge in [0, 0.05) is 36.2 Å². The van der Waals surface area contributed by atoms with E-state index in [2.05, 4.69) is 5.32 Å². The number of aromatic nitrogens is 1. The molecule has 0 bridgehead atoms. The van der Waals surface area contributed by atoms with E-state index in [0.29, 0.717) is 30.5 Å². The van der Waals surface area contributed by atoms with Crippen molar-refractivity contribution in [3.8, 4) is 5.75 Å². The number of aryl methyl sites for hydroxylation is 1. The number of hydrogen-bond donors (Lipinski definition) is 2. The molecule has 0 saturated heterocycles. The molecule has 6 nitrogen and oxygen atoms in total. The number of hydrogen-bond acceptors (Lipinski definition) is 5. The van der Waals surface area contributed by atoms with Gasteiger partial charge < -0.3 is 24.5 Å². The zero-order chi connectivity index (χ0) is 20.1. The van der Waals surface area contributed by atoms with Crippen LogP contribution in [0.1, 0.15) is 55.1 Å². The first-order valence-electron chi connectivity index (χ1n) is 10.3. The maximum absolute atomic E-state index is 12.4. The minimum Gasteiger partial charge on any atom is -0.491 e. The number of benzene rings is 1. The Hall–Kier alpha value is -2.05. The maximum atomic E-state index is 12.4. The molecule has 1 saturated carbocycles. The number of fused-ring (bicyclic) bond motifs is 1. The van der Waals surface area contributed by atoms with E-state index in [-0.39, 0.29) is 12.6 Å². The average Bonchev–Trinajstić information content (AvgIpc) is 2.95. The predicted molar refractivity (Wildman–Crippen MR) is 110 cm³/mol. The SMILES string of the molecule is CCOC(=O)c1c(C)n(C)c2ccc(OCC(O)CNC3CCCCC3)cc12. The molecular formula is C22H32N2O4. The molecular weight excluding hydrogens is 356 g/mol. The van der Waals surface area contributed by atoms with E-state index >= 15 is 0 Å². The summed E-state index contributed by atoms with van der Waals surface area (Å²) in [6.45, 7) is 4.80. The Morgan fingerprint density at radius 3 is 2.79 bits per heavy atom. The molecule has 154 valence electrons. The summed E-state index contributed by atoms with van der Waals surface area (Å²) in [5, 5.41) is 14.5. The molecule has 1 unspecified atom stereocenters. The average molecular weight is 389 g/mol. The fraction of sp³-hybridized carbons (Fsp3) is 0.591. The summed E-state index contributed by atoms with van der Waals surface area (Å²) in [6, 6.07) is 6.18. The summed E-state index contributed by atoms with van der Waals surface area (Å²) >= 11 is 0. The van der Waals surface area contributed by atoms with Gasteiger partial charge in [-0.25, -0.2) is 4.79 Å². The van der Waals surface area contributed by atoms with Crippen LogP contribution in [0.15, 0.2) is 18.2 Å². The van der Waals surface area contributed by atoms with Crippen LogP contribution >= 0.6 is 0 Å².